The summed E-state index contributed by atoms with van der Waals surface area (Å²) >= 11 is 92.7. The lowest BCUT2D eigenvalue weighted by Gasteiger charge is -2.23. The molecular formula is C18Cl15O3P. The van der Waals surface area contributed by atoms with Crippen molar-refractivity contribution in [1.82, 2.24) is 0 Å². The van der Waals surface area contributed by atoms with Crippen LogP contribution >= 0.6 is 183 Å². The van der Waals surface area contributed by atoms with Gasteiger partial charge in [-0.1, -0.05) is 174 Å². The molecule has 0 amide bonds. The van der Waals surface area contributed by atoms with Crippen molar-refractivity contribution in [2.75, 3.05) is 0 Å². The zero-order valence-corrected chi connectivity index (χ0v) is 28.6. The van der Waals surface area contributed by atoms with Gasteiger partial charge in [-0.2, -0.15) is 0 Å². The van der Waals surface area contributed by atoms with Gasteiger partial charge in [0.25, 0.3) is 0 Å². The first-order valence-electron chi connectivity index (χ1n) is 8.49. The lowest BCUT2D eigenvalue weighted by atomic mass is 10.3. The molecule has 0 radical (unpaired) electrons. The van der Waals surface area contributed by atoms with Crippen LogP contribution in [-0.4, -0.2) is 0 Å². The Balaban J connectivity index is 2.22. The molecule has 0 atom stereocenters. The molecule has 3 aromatic rings. The molecule has 3 rings (SSSR count). The average molecular weight is 827 g/mol. The van der Waals surface area contributed by atoms with Crippen LogP contribution in [0.4, 0.5) is 0 Å². The summed E-state index contributed by atoms with van der Waals surface area (Å²) in [6.07, 6.45) is 0. The normalized spacial score (nSPS) is 11.4. The van der Waals surface area contributed by atoms with Crippen molar-refractivity contribution < 1.29 is 13.6 Å². The smallest absolute Gasteiger partial charge is 0.405 e. The first-order valence-corrected chi connectivity index (χ1v) is 15.3. The van der Waals surface area contributed by atoms with Gasteiger partial charge in [0.2, 0.25) is 0 Å². The van der Waals surface area contributed by atoms with Crippen molar-refractivity contribution in [2.24, 2.45) is 0 Å². The van der Waals surface area contributed by atoms with E-state index in [1.165, 1.54) is 0 Å². The minimum Gasteiger partial charge on any atom is -0.405 e. The third-order valence-corrected chi connectivity index (χ3v) is 11.7. The summed E-state index contributed by atoms with van der Waals surface area (Å²) in [6.45, 7) is 0. The molecule has 0 aliphatic heterocycles. The Bertz CT molecular complexity index is 1170. The highest BCUT2D eigenvalue weighted by Gasteiger charge is 2.33. The van der Waals surface area contributed by atoms with E-state index >= 15 is 0 Å². The van der Waals surface area contributed by atoms with Gasteiger partial charge < -0.3 is 13.6 Å². The topological polar surface area (TPSA) is 27.7 Å². The van der Waals surface area contributed by atoms with Gasteiger partial charge in [0, 0.05) is 0 Å². The van der Waals surface area contributed by atoms with Crippen LogP contribution in [0.5, 0.6) is 17.2 Å². The standard InChI is InChI=1S/C18Cl15O3P/c19-1-4(22)10(28)16(11(29)5(1)23)34-37(35-17-12(30)6(24)2(20)7(25)13(17)31)36-18-14(32)8(26)3(21)9(27)15(18)33. The number of halogens is 15. The Kier molecular flexibility index (Phi) is 12.1. The zero-order valence-electron chi connectivity index (χ0n) is 16.3. The number of benzene rings is 3. The Hall–Kier alpha value is 1.84. The van der Waals surface area contributed by atoms with E-state index in [2.05, 4.69) is 0 Å². The minimum atomic E-state index is -2.78. The van der Waals surface area contributed by atoms with Crippen molar-refractivity contribution in [3.63, 3.8) is 0 Å². The zero-order chi connectivity index (χ0) is 28.1. The highest BCUT2D eigenvalue weighted by molar-refractivity contribution is 7.43. The van der Waals surface area contributed by atoms with Gasteiger partial charge in [0.15, 0.2) is 17.2 Å². The molecule has 0 bridgehead atoms. The maximum Gasteiger partial charge on any atom is 0.530 e. The molecule has 19 heteroatoms. The number of rotatable bonds is 6. The van der Waals surface area contributed by atoms with E-state index < -0.39 is 8.60 Å². The predicted molar refractivity (Wildman–Crippen MR) is 163 cm³/mol. The Morgan fingerprint density at radius 1 is 0.243 bits per heavy atom. The summed E-state index contributed by atoms with van der Waals surface area (Å²) < 4.78 is 17.4. The van der Waals surface area contributed by atoms with E-state index in [0.717, 1.165) is 0 Å². The molecule has 0 heterocycles. The van der Waals surface area contributed by atoms with Crippen molar-refractivity contribution in [1.29, 1.82) is 0 Å². The number of hydrogen-bond acceptors (Lipinski definition) is 3. The first-order chi connectivity index (χ1) is 17.1. The summed E-state index contributed by atoms with van der Waals surface area (Å²) in [5.41, 5.74) is 0. The second kappa shape index (κ2) is 13.4. The predicted octanol–water partition coefficient (Wildman–Crippen LogP) is 15.3. The van der Waals surface area contributed by atoms with Gasteiger partial charge in [0.05, 0.1) is 45.2 Å². The second-order valence-electron chi connectivity index (χ2n) is 6.19. The third kappa shape index (κ3) is 6.60. The van der Waals surface area contributed by atoms with Gasteiger partial charge in [-0.05, 0) is 0 Å². The van der Waals surface area contributed by atoms with E-state index in [1.807, 2.05) is 0 Å². The molecule has 0 spiro atoms. The van der Waals surface area contributed by atoms with Crippen LogP contribution in [0.15, 0.2) is 0 Å². The van der Waals surface area contributed by atoms with E-state index in [4.69, 9.17) is 188 Å². The van der Waals surface area contributed by atoms with Crippen LogP contribution in [0.1, 0.15) is 0 Å². The van der Waals surface area contributed by atoms with Crippen LogP contribution < -0.4 is 13.6 Å². The molecule has 0 N–H and O–H groups in total. The molecule has 0 saturated heterocycles. The van der Waals surface area contributed by atoms with Crippen molar-refractivity contribution >= 4 is 183 Å². The summed E-state index contributed by atoms with van der Waals surface area (Å²) in [5.74, 6) is -0.943. The maximum absolute atomic E-state index is 6.28. The molecule has 0 aliphatic carbocycles. The molecule has 0 fully saturated rings. The molecule has 0 saturated carbocycles. The van der Waals surface area contributed by atoms with Crippen LogP contribution in [0.25, 0.3) is 0 Å². The molecule has 0 unspecified atom stereocenters. The Morgan fingerprint density at radius 3 is 0.541 bits per heavy atom. The van der Waals surface area contributed by atoms with Crippen LogP contribution in [0.3, 0.4) is 0 Å². The van der Waals surface area contributed by atoms with Gasteiger partial charge in [-0.25, -0.2) is 0 Å². The molecule has 0 aromatic heterocycles. The van der Waals surface area contributed by atoms with Gasteiger partial charge >= 0.3 is 8.60 Å². The van der Waals surface area contributed by atoms with E-state index in [-0.39, 0.29) is 92.6 Å². The molecule has 37 heavy (non-hydrogen) atoms. The molecule has 3 nitrogen and oxygen atoms in total. The first kappa shape index (κ1) is 33.3. The SMILES string of the molecule is Clc1c(Cl)c(Cl)c(OP(Oc2c(Cl)c(Cl)c(Cl)c(Cl)c2Cl)Oc2c(Cl)c(Cl)c(Cl)c(Cl)c2Cl)c(Cl)c1Cl. The molecule has 3 aromatic carbocycles. The largest absolute Gasteiger partial charge is 0.530 e. The quantitative estimate of drug-likeness (QED) is 0.141. The van der Waals surface area contributed by atoms with E-state index in [0.29, 0.717) is 0 Å². The van der Waals surface area contributed by atoms with Crippen LogP contribution in [-0.2, 0) is 0 Å². The van der Waals surface area contributed by atoms with E-state index in [9.17, 15) is 0 Å². The highest BCUT2D eigenvalue weighted by Crippen LogP contribution is 2.58. The van der Waals surface area contributed by atoms with Crippen LogP contribution in [0, 0.1) is 0 Å². The summed E-state index contributed by atoms with van der Waals surface area (Å²) in [4.78, 5) is 0. The highest BCUT2D eigenvalue weighted by atomic mass is 35.5. The van der Waals surface area contributed by atoms with Crippen molar-refractivity contribution in [3.8, 4) is 17.2 Å². The van der Waals surface area contributed by atoms with Crippen LogP contribution in [0.2, 0.25) is 75.3 Å². The summed E-state index contributed by atoms with van der Waals surface area (Å²) in [6, 6.07) is 0. The van der Waals surface area contributed by atoms with Gasteiger partial charge in [0.1, 0.15) is 30.1 Å². The third-order valence-electron chi connectivity index (χ3n) is 4.01. The molecule has 200 valence electrons. The minimum absolute atomic E-state index is 0.137. The lowest BCUT2D eigenvalue weighted by Crippen LogP contribution is -2.05. The maximum atomic E-state index is 6.28. The Morgan fingerprint density at radius 2 is 0.378 bits per heavy atom. The fraction of sp³-hybridized carbons (Fsp3) is 0. The molecule has 0 aliphatic rings. The van der Waals surface area contributed by atoms with Crippen molar-refractivity contribution in [3.05, 3.63) is 75.3 Å². The summed E-state index contributed by atoms with van der Waals surface area (Å²) in [7, 11) is -2.78. The van der Waals surface area contributed by atoms with Crippen molar-refractivity contribution in [2.45, 2.75) is 0 Å². The van der Waals surface area contributed by atoms with Gasteiger partial charge in [-0.15, -0.1) is 0 Å². The monoisotopic (exact) mass is 819 g/mol. The summed E-state index contributed by atoms with van der Waals surface area (Å²) in [5, 5.41) is -3.08. The van der Waals surface area contributed by atoms with Gasteiger partial charge in [-0.3, -0.25) is 0 Å². The Labute approximate surface area is 285 Å². The average Bonchev–Trinajstić information content (AvgIpc) is 2.88. The lowest BCUT2D eigenvalue weighted by molar-refractivity contribution is 0.388. The fourth-order valence-corrected chi connectivity index (χ4v) is 7.30. The van der Waals surface area contributed by atoms with E-state index in [1.54, 1.807) is 0 Å². The fourth-order valence-electron chi connectivity index (χ4n) is 2.27. The number of hydrogen-bond donors (Lipinski definition) is 0. The second-order valence-corrected chi connectivity index (χ2v) is 12.9. The molecular weight excluding hydrogens is 827 g/mol.